The molecule has 6 rings (SSSR count). The lowest BCUT2D eigenvalue weighted by Crippen LogP contribution is -2.35. The fourth-order valence-electron chi connectivity index (χ4n) is 5.87. The molecule has 0 saturated carbocycles. The SMILES string of the molecule is O=C(NCCC(=O)N1Cc2ccccc2C#Cc2ccccc21)OCC1c2ccccc2-c2ccc(C(=O)CNCCO)cc21.[HH].[HH]. The van der Waals surface area contributed by atoms with Crippen LogP contribution in [0.4, 0.5) is 10.5 Å². The minimum atomic E-state index is -0.613. The number of Topliss-reactive ketones (excluding diaryl/α,β-unsaturated/α-hetero) is 1. The Bertz CT molecular complexity index is 1830. The number of hydrogen-bond acceptors (Lipinski definition) is 6. The first-order valence-electron chi connectivity index (χ1n) is 15.0. The molecule has 3 N–H and O–H groups in total. The number of ketones is 1. The number of ether oxygens (including phenoxy) is 1. The van der Waals surface area contributed by atoms with Crippen LogP contribution in [0.25, 0.3) is 11.1 Å². The van der Waals surface area contributed by atoms with Crippen LogP contribution < -0.4 is 15.5 Å². The molecule has 8 nitrogen and oxygen atoms in total. The van der Waals surface area contributed by atoms with E-state index in [1.165, 1.54) is 0 Å². The summed E-state index contributed by atoms with van der Waals surface area (Å²) >= 11 is 0. The predicted octanol–water partition coefficient (Wildman–Crippen LogP) is 5.12. The average Bonchev–Trinajstić information content (AvgIpc) is 3.37. The summed E-state index contributed by atoms with van der Waals surface area (Å²) in [5, 5.41) is 14.7. The molecule has 0 radical (unpaired) electrons. The van der Waals surface area contributed by atoms with Crippen LogP contribution in [0.5, 0.6) is 0 Å². The summed E-state index contributed by atoms with van der Waals surface area (Å²) < 4.78 is 5.67. The summed E-state index contributed by atoms with van der Waals surface area (Å²) in [5.74, 6) is 5.96. The van der Waals surface area contributed by atoms with Gasteiger partial charge in [0, 0.05) is 45.0 Å². The van der Waals surface area contributed by atoms with Gasteiger partial charge in [-0.15, -0.1) is 0 Å². The van der Waals surface area contributed by atoms with Gasteiger partial charge < -0.3 is 25.4 Å². The third-order valence-electron chi connectivity index (χ3n) is 8.11. The number of carbonyl (C=O) groups is 3. The number of para-hydroxylation sites is 1. The molecule has 1 aliphatic carbocycles. The summed E-state index contributed by atoms with van der Waals surface area (Å²) in [6.45, 7) is 0.997. The van der Waals surface area contributed by atoms with Gasteiger partial charge in [-0.1, -0.05) is 78.6 Å². The molecule has 1 atom stereocenters. The number of fused-ring (bicyclic) bond motifs is 5. The zero-order chi connectivity index (χ0) is 31.2. The first kappa shape index (κ1) is 29.8. The van der Waals surface area contributed by atoms with Gasteiger partial charge in [0.05, 0.1) is 25.4 Å². The van der Waals surface area contributed by atoms with E-state index in [4.69, 9.17) is 9.84 Å². The molecule has 1 aliphatic heterocycles. The number of nitrogens with zero attached hydrogens (tertiary/aromatic N) is 1. The Kier molecular flexibility index (Phi) is 9.01. The van der Waals surface area contributed by atoms with E-state index < -0.39 is 6.09 Å². The summed E-state index contributed by atoms with van der Waals surface area (Å²) in [6, 6.07) is 28.9. The summed E-state index contributed by atoms with van der Waals surface area (Å²) in [6.07, 6.45) is -0.525. The highest BCUT2D eigenvalue weighted by atomic mass is 16.5. The van der Waals surface area contributed by atoms with Gasteiger partial charge in [-0.25, -0.2) is 4.79 Å². The molecule has 4 aromatic rings. The standard InChI is InChI=1S/C37H33N3O5.2H2/c41-20-19-38-22-35(42)27-15-16-31-29-10-4-5-11-30(29)33(32(31)21-27)24-45-37(44)39-18-17-36(43)40-23-28-9-2-1-7-25(28)13-14-26-8-3-6-12-34(26)40;;/h1-12,15-16,21,33,38,41H,17-20,22-24H2,(H,39,44);2*1H. The van der Waals surface area contributed by atoms with E-state index in [-0.39, 0.29) is 53.2 Å². The minimum absolute atomic E-state index is 0. The number of hydrogen-bond donors (Lipinski definition) is 3. The van der Waals surface area contributed by atoms with Crippen molar-refractivity contribution in [3.63, 3.8) is 0 Å². The molecule has 0 saturated heterocycles. The molecule has 4 aromatic carbocycles. The molecule has 2 aliphatic rings. The molecular weight excluding hydrogens is 566 g/mol. The summed E-state index contributed by atoms with van der Waals surface area (Å²) in [5.41, 5.74) is 7.92. The van der Waals surface area contributed by atoms with Crippen LogP contribution in [0.3, 0.4) is 0 Å². The molecule has 0 spiro atoms. The Hall–Kier alpha value is -5.23. The second-order valence-electron chi connectivity index (χ2n) is 10.9. The number of rotatable bonds is 10. The lowest BCUT2D eigenvalue weighted by atomic mass is 9.95. The average molecular weight is 604 g/mol. The lowest BCUT2D eigenvalue weighted by molar-refractivity contribution is -0.118. The highest BCUT2D eigenvalue weighted by molar-refractivity contribution is 5.99. The predicted molar refractivity (Wildman–Crippen MR) is 176 cm³/mol. The summed E-state index contributed by atoms with van der Waals surface area (Å²) in [7, 11) is 0. The first-order valence-corrected chi connectivity index (χ1v) is 15.0. The van der Waals surface area contributed by atoms with Crippen LogP contribution in [-0.2, 0) is 16.1 Å². The molecule has 45 heavy (non-hydrogen) atoms. The normalized spacial score (nSPS) is 14.0. The minimum Gasteiger partial charge on any atom is -0.449 e. The zero-order valence-corrected chi connectivity index (χ0v) is 24.7. The molecule has 0 aromatic heterocycles. The molecule has 1 unspecified atom stereocenters. The quantitative estimate of drug-likeness (QED) is 0.132. The molecule has 2 amide bonds. The van der Waals surface area contributed by atoms with Gasteiger partial charge >= 0.3 is 6.09 Å². The van der Waals surface area contributed by atoms with E-state index in [1.54, 1.807) is 11.0 Å². The number of aliphatic hydroxyl groups excluding tert-OH is 1. The Morgan fingerprint density at radius 1 is 0.867 bits per heavy atom. The Labute approximate surface area is 265 Å². The first-order chi connectivity index (χ1) is 22.0. The smallest absolute Gasteiger partial charge is 0.407 e. The second kappa shape index (κ2) is 13.6. The van der Waals surface area contributed by atoms with Crippen molar-refractivity contribution in [2.75, 3.05) is 37.7 Å². The van der Waals surface area contributed by atoms with Crippen molar-refractivity contribution in [1.82, 2.24) is 10.6 Å². The number of alkyl carbamates (subject to hydrolysis) is 1. The number of anilines is 1. The lowest BCUT2D eigenvalue weighted by Gasteiger charge is -2.26. The maximum absolute atomic E-state index is 13.5. The molecule has 0 bridgehead atoms. The third kappa shape index (κ3) is 6.50. The number of nitrogens with one attached hydrogen (secondary N) is 2. The summed E-state index contributed by atoms with van der Waals surface area (Å²) in [4.78, 5) is 40.7. The van der Waals surface area contributed by atoms with Crippen LogP contribution in [0.15, 0.2) is 91.0 Å². The fourth-order valence-corrected chi connectivity index (χ4v) is 5.87. The zero-order valence-electron chi connectivity index (χ0n) is 24.7. The van der Waals surface area contributed by atoms with Crippen molar-refractivity contribution in [2.24, 2.45) is 0 Å². The van der Waals surface area contributed by atoms with Crippen molar-refractivity contribution in [1.29, 1.82) is 0 Å². The number of aliphatic hydroxyl groups is 1. The van der Waals surface area contributed by atoms with Crippen molar-refractivity contribution in [2.45, 2.75) is 18.9 Å². The van der Waals surface area contributed by atoms with Gasteiger partial charge in [0.2, 0.25) is 5.91 Å². The van der Waals surface area contributed by atoms with E-state index in [9.17, 15) is 14.4 Å². The number of amides is 2. The van der Waals surface area contributed by atoms with Crippen LogP contribution >= 0.6 is 0 Å². The Balaban J connectivity index is 0.00000250. The fraction of sp³-hybridized carbons (Fsp3) is 0.216. The largest absolute Gasteiger partial charge is 0.449 e. The van der Waals surface area contributed by atoms with Crippen LogP contribution in [0.2, 0.25) is 0 Å². The van der Waals surface area contributed by atoms with E-state index >= 15 is 0 Å². The van der Waals surface area contributed by atoms with Gasteiger partial charge in [-0.05, 0) is 52.1 Å². The van der Waals surface area contributed by atoms with E-state index in [0.717, 1.165) is 44.6 Å². The highest BCUT2D eigenvalue weighted by Gasteiger charge is 2.30. The maximum Gasteiger partial charge on any atom is 0.407 e. The van der Waals surface area contributed by atoms with Crippen molar-refractivity contribution >= 4 is 23.5 Å². The van der Waals surface area contributed by atoms with Gasteiger partial charge in [-0.3, -0.25) is 9.59 Å². The number of benzene rings is 4. The monoisotopic (exact) mass is 603 g/mol. The molecular formula is C37H37N3O5. The highest BCUT2D eigenvalue weighted by Crippen LogP contribution is 2.45. The molecule has 0 fully saturated rings. The van der Waals surface area contributed by atoms with Gasteiger partial charge in [0.1, 0.15) is 6.61 Å². The molecule has 8 heteroatoms. The third-order valence-corrected chi connectivity index (χ3v) is 8.11. The number of carbonyl (C=O) groups excluding carboxylic acids is 3. The molecule has 1 heterocycles. The van der Waals surface area contributed by atoms with Gasteiger partial charge in [0.25, 0.3) is 0 Å². The van der Waals surface area contributed by atoms with Crippen LogP contribution in [-0.4, -0.2) is 55.7 Å². The van der Waals surface area contributed by atoms with E-state index in [2.05, 4.69) is 22.5 Å². The topological polar surface area (TPSA) is 108 Å². The Morgan fingerprint density at radius 2 is 1.60 bits per heavy atom. The van der Waals surface area contributed by atoms with Gasteiger partial charge in [-0.2, -0.15) is 0 Å². The molecule has 230 valence electrons. The van der Waals surface area contributed by atoms with Gasteiger partial charge in [0.15, 0.2) is 5.78 Å². The second-order valence-corrected chi connectivity index (χ2v) is 10.9. The van der Waals surface area contributed by atoms with E-state index in [1.807, 2.05) is 84.9 Å². The van der Waals surface area contributed by atoms with Crippen molar-refractivity contribution in [3.05, 3.63) is 124 Å². The van der Waals surface area contributed by atoms with Crippen molar-refractivity contribution < 1.29 is 27.1 Å². The Morgan fingerprint density at radius 3 is 2.47 bits per heavy atom. The van der Waals surface area contributed by atoms with Crippen LogP contribution in [0.1, 0.15) is 53.4 Å². The maximum atomic E-state index is 13.5. The van der Waals surface area contributed by atoms with E-state index in [0.29, 0.717) is 18.7 Å². The van der Waals surface area contributed by atoms with Crippen LogP contribution in [0, 0.1) is 11.8 Å². The van der Waals surface area contributed by atoms with Crippen molar-refractivity contribution in [3.8, 4) is 23.0 Å².